The highest BCUT2D eigenvalue weighted by molar-refractivity contribution is 5.84. The van der Waals surface area contributed by atoms with Gasteiger partial charge in [0.2, 0.25) is 0 Å². The normalized spacial score (nSPS) is 16.3. The van der Waals surface area contributed by atoms with Gasteiger partial charge in [-0.1, -0.05) is 42.5 Å². The molecule has 0 unspecified atom stereocenters. The number of benzene rings is 8. The van der Waals surface area contributed by atoms with Crippen molar-refractivity contribution < 1.29 is 18.9 Å². The minimum atomic E-state index is 0.303. The van der Waals surface area contributed by atoms with Gasteiger partial charge in [-0.2, -0.15) is 0 Å². The first-order valence-corrected chi connectivity index (χ1v) is 27.9. The highest BCUT2D eigenvalue weighted by Gasteiger charge is 2.23. The second-order valence-electron chi connectivity index (χ2n) is 21.0. The Bertz CT molecular complexity index is 2740. The van der Waals surface area contributed by atoms with E-state index in [0.717, 1.165) is 126 Å². The van der Waals surface area contributed by atoms with Crippen molar-refractivity contribution in [1.29, 1.82) is 0 Å². The van der Waals surface area contributed by atoms with Gasteiger partial charge in [0.15, 0.2) is 0 Å². The molecular formula is C68H69N3O4. The Hall–Kier alpha value is -7.64. The lowest BCUT2D eigenvalue weighted by molar-refractivity contribution is 0.210. The fourth-order valence-electron chi connectivity index (χ4n) is 11.8. The molecular weight excluding hydrogens is 923 g/mol. The van der Waals surface area contributed by atoms with Crippen LogP contribution in [0, 0.1) is 0 Å². The molecule has 0 heterocycles. The summed E-state index contributed by atoms with van der Waals surface area (Å²) in [6.45, 7) is 0. The van der Waals surface area contributed by atoms with Crippen molar-refractivity contribution in [3.63, 3.8) is 0 Å². The average Bonchev–Trinajstić information content (AvgIpc) is 4.35. The fourth-order valence-corrected chi connectivity index (χ4v) is 11.8. The molecule has 7 nitrogen and oxygen atoms in total. The molecule has 0 radical (unpaired) electrons. The lowest BCUT2D eigenvalue weighted by atomic mass is 10.0. The van der Waals surface area contributed by atoms with Gasteiger partial charge >= 0.3 is 0 Å². The Morgan fingerprint density at radius 3 is 0.627 bits per heavy atom. The van der Waals surface area contributed by atoms with E-state index in [-0.39, 0.29) is 0 Å². The SMILES string of the molecule is c1ccc(-c2ccc(N(c3ccc(N(c4ccc(OC5CCCC5)cc4)c4ccc(OC5CCCC5)cc4)cc3)c3ccc(N(c4ccc(OC5CCCC5)cc4)c4ccc(OC5CCCC5)cc4)cc3)cc2)cc1. The maximum absolute atomic E-state index is 6.42. The van der Waals surface area contributed by atoms with E-state index in [1.54, 1.807) is 0 Å². The van der Waals surface area contributed by atoms with Crippen LogP contribution in [0.25, 0.3) is 11.1 Å². The van der Waals surface area contributed by atoms with Gasteiger partial charge in [0.25, 0.3) is 0 Å². The van der Waals surface area contributed by atoms with Gasteiger partial charge in [-0.15, -0.1) is 0 Å². The van der Waals surface area contributed by atoms with Gasteiger partial charge in [-0.05, 0) is 272 Å². The van der Waals surface area contributed by atoms with Gasteiger partial charge in [-0.3, -0.25) is 0 Å². The third-order valence-electron chi connectivity index (χ3n) is 15.8. The maximum Gasteiger partial charge on any atom is 0.119 e. The number of rotatable bonds is 18. The summed E-state index contributed by atoms with van der Waals surface area (Å²) < 4.78 is 25.7. The number of anilines is 9. The van der Waals surface area contributed by atoms with Crippen molar-refractivity contribution in [2.75, 3.05) is 14.7 Å². The molecule has 0 spiro atoms. The van der Waals surface area contributed by atoms with E-state index >= 15 is 0 Å². The molecule has 12 rings (SSSR count). The predicted molar refractivity (Wildman–Crippen MR) is 307 cm³/mol. The summed E-state index contributed by atoms with van der Waals surface area (Å²) in [7, 11) is 0. The molecule has 8 aromatic carbocycles. The van der Waals surface area contributed by atoms with Crippen LogP contribution in [0.4, 0.5) is 51.2 Å². The molecule has 4 aliphatic carbocycles. The molecule has 0 atom stereocenters. The molecule has 4 fully saturated rings. The van der Waals surface area contributed by atoms with Crippen LogP contribution in [-0.4, -0.2) is 24.4 Å². The van der Waals surface area contributed by atoms with E-state index in [1.807, 2.05) is 0 Å². The summed E-state index contributed by atoms with van der Waals surface area (Å²) in [5.74, 6) is 3.70. The second kappa shape index (κ2) is 22.9. The summed E-state index contributed by atoms with van der Waals surface area (Å²) in [4.78, 5) is 7.00. The van der Waals surface area contributed by atoms with E-state index in [4.69, 9.17) is 18.9 Å². The van der Waals surface area contributed by atoms with Crippen molar-refractivity contribution in [1.82, 2.24) is 0 Å². The highest BCUT2D eigenvalue weighted by Crippen LogP contribution is 2.43. The van der Waals surface area contributed by atoms with Crippen LogP contribution in [0.1, 0.15) is 103 Å². The van der Waals surface area contributed by atoms with Crippen molar-refractivity contribution >= 4 is 51.2 Å². The molecule has 0 amide bonds. The van der Waals surface area contributed by atoms with E-state index in [2.05, 4.69) is 215 Å². The first kappa shape index (κ1) is 48.3. The predicted octanol–water partition coefficient (Wildman–Crippen LogP) is 19.0. The van der Waals surface area contributed by atoms with Crippen LogP contribution in [-0.2, 0) is 0 Å². The van der Waals surface area contributed by atoms with Crippen LogP contribution in [0.15, 0.2) is 200 Å². The largest absolute Gasteiger partial charge is 0.490 e. The fraction of sp³-hybridized carbons (Fsp3) is 0.294. The van der Waals surface area contributed by atoms with Crippen LogP contribution < -0.4 is 33.6 Å². The van der Waals surface area contributed by atoms with Crippen LogP contribution >= 0.6 is 0 Å². The zero-order valence-corrected chi connectivity index (χ0v) is 43.2. The van der Waals surface area contributed by atoms with Gasteiger partial charge in [0, 0.05) is 51.2 Å². The van der Waals surface area contributed by atoms with Gasteiger partial charge < -0.3 is 33.6 Å². The Balaban J connectivity index is 0.879. The summed E-state index contributed by atoms with van der Waals surface area (Å²) in [5.41, 5.74) is 11.9. The number of hydrogen-bond donors (Lipinski definition) is 0. The Labute approximate surface area is 444 Å². The highest BCUT2D eigenvalue weighted by atomic mass is 16.5. The number of ether oxygens (including phenoxy) is 4. The van der Waals surface area contributed by atoms with E-state index in [0.29, 0.717) is 24.4 Å². The molecule has 75 heavy (non-hydrogen) atoms. The molecule has 0 N–H and O–H groups in total. The standard InChI is InChI=1S/C68H69N3O4/c1-2-12-50(13-3-1)51-22-24-52(25-23-51)69(53-26-30-55(31-27-53)70(57-34-42-65(43-35-57)72-61-14-4-5-15-61)58-36-44-66(45-37-58)73-62-16-6-7-17-62)54-28-32-56(33-29-54)71(59-38-46-67(47-39-59)74-63-18-8-9-19-63)60-40-48-68(49-41-60)75-64-20-10-11-21-64/h1-3,12-13,22-49,61-64H,4-11,14-21H2. The molecule has 380 valence electrons. The first-order chi connectivity index (χ1) is 37.1. The van der Waals surface area contributed by atoms with Crippen molar-refractivity contribution in [2.45, 2.75) is 127 Å². The minimum absolute atomic E-state index is 0.303. The summed E-state index contributed by atoms with van der Waals surface area (Å²) in [6, 6.07) is 71.9. The van der Waals surface area contributed by atoms with Gasteiger partial charge in [-0.25, -0.2) is 0 Å². The second-order valence-corrected chi connectivity index (χ2v) is 21.0. The molecule has 0 saturated heterocycles. The zero-order chi connectivity index (χ0) is 50.2. The van der Waals surface area contributed by atoms with Crippen LogP contribution in [0.3, 0.4) is 0 Å². The molecule has 4 aliphatic rings. The molecule has 0 aromatic heterocycles. The quantitative estimate of drug-likeness (QED) is 0.0849. The Morgan fingerprint density at radius 2 is 0.400 bits per heavy atom. The van der Waals surface area contributed by atoms with Crippen molar-refractivity contribution in [2.24, 2.45) is 0 Å². The van der Waals surface area contributed by atoms with Crippen molar-refractivity contribution in [3.8, 4) is 34.1 Å². The molecule has 0 bridgehead atoms. The number of hydrogen-bond acceptors (Lipinski definition) is 7. The maximum atomic E-state index is 6.42. The first-order valence-electron chi connectivity index (χ1n) is 27.9. The molecule has 4 saturated carbocycles. The average molecular weight is 992 g/mol. The Kier molecular flexibility index (Phi) is 14.7. The lowest BCUT2D eigenvalue weighted by Gasteiger charge is -2.30. The summed E-state index contributed by atoms with van der Waals surface area (Å²) in [5, 5.41) is 0. The molecule has 7 heteroatoms. The molecule has 0 aliphatic heterocycles. The van der Waals surface area contributed by atoms with Crippen molar-refractivity contribution in [3.05, 3.63) is 200 Å². The smallest absolute Gasteiger partial charge is 0.119 e. The number of nitrogens with zero attached hydrogens (tertiary/aromatic N) is 3. The summed E-state index contributed by atoms with van der Waals surface area (Å²) in [6.07, 6.45) is 20.2. The van der Waals surface area contributed by atoms with Gasteiger partial charge in [0.05, 0.1) is 24.4 Å². The van der Waals surface area contributed by atoms with Crippen LogP contribution in [0.2, 0.25) is 0 Å². The topological polar surface area (TPSA) is 46.6 Å². The minimum Gasteiger partial charge on any atom is -0.490 e. The third kappa shape index (κ3) is 11.5. The monoisotopic (exact) mass is 992 g/mol. The summed E-state index contributed by atoms with van der Waals surface area (Å²) >= 11 is 0. The third-order valence-corrected chi connectivity index (χ3v) is 15.8. The Morgan fingerprint density at radius 1 is 0.213 bits per heavy atom. The molecule has 8 aromatic rings. The zero-order valence-electron chi connectivity index (χ0n) is 43.2. The van der Waals surface area contributed by atoms with Crippen LogP contribution in [0.5, 0.6) is 23.0 Å². The van der Waals surface area contributed by atoms with E-state index in [1.165, 1.54) is 62.5 Å². The van der Waals surface area contributed by atoms with E-state index < -0.39 is 0 Å². The van der Waals surface area contributed by atoms with Gasteiger partial charge in [0.1, 0.15) is 23.0 Å². The van der Waals surface area contributed by atoms with E-state index in [9.17, 15) is 0 Å². The lowest BCUT2D eigenvalue weighted by Crippen LogP contribution is -2.14.